The minimum Gasteiger partial charge on any atom is -0.462 e. The van der Waals surface area contributed by atoms with Crippen LogP contribution in [-0.4, -0.2) is 41.0 Å². The summed E-state index contributed by atoms with van der Waals surface area (Å²) in [6.45, 7) is 2.04. The number of thioether (sulfide) groups is 1. The van der Waals surface area contributed by atoms with Gasteiger partial charge in [0.15, 0.2) is 0 Å². The van der Waals surface area contributed by atoms with Gasteiger partial charge in [-0.15, -0.1) is 23.1 Å². The average Bonchev–Trinajstić information content (AvgIpc) is 3.69. The molecule has 0 saturated heterocycles. The molecule has 0 radical (unpaired) electrons. The number of hydrogen-bond acceptors (Lipinski definition) is 7. The first-order valence-electron chi connectivity index (χ1n) is 15.7. The molecular weight excluding hydrogens is 645 g/mol. The van der Waals surface area contributed by atoms with Crippen LogP contribution in [0.25, 0.3) is 17.0 Å². The molecule has 6 rings (SSSR count). The predicted octanol–water partition coefficient (Wildman–Crippen LogP) is 7.43. The molecule has 9 nitrogen and oxygen atoms in total. The van der Waals surface area contributed by atoms with Gasteiger partial charge < -0.3 is 25.7 Å². The number of nitrogens with one attached hydrogen (secondary N) is 4. The van der Waals surface area contributed by atoms with Crippen LogP contribution in [0.3, 0.4) is 0 Å². The lowest BCUT2D eigenvalue weighted by molar-refractivity contribution is -0.114. The Morgan fingerprint density at radius 2 is 1.67 bits per heavy atom. The number of rotatable bonds is 11. The van der Waals surface area contributed by atoms with Gasteiger partial charge in [0.05, 0.1) is 17.9 Å². The summed E-state index contributed by atoms with van der Waals surface area (Å²) < 4.78 is 5.30. The summed E-state index contributed by atoms with van der Waals surface area (Å²) in [4.78, 5) is 57.4. The van der Waals surface area contributed by atoms with Crippen LogP contribution < -0.4 is 16.0 Å². The van der Waals surface area contributed by atoms with Crippen molar-refractivity contribution >= 4 is 74.5 Å². The van der Waals surface area contributed by atoms with Gasteiger partial charge in [-0.05, 0) is 86.7 Å². The molecule has 0 bridgehead atoms. The molecule has 3 aromatic carbocycles. The van der Waals surface area contributed by atoms with Crippen molar-refractivity contribution in [2.24, 2.45) is 0 Å². The van der Waals surface area contributed by atoms with Crippen molar-refractivity contribution < 1.29 is 23.9 Å². The Balaban J connectivity index is 1.11. The molecule has 3 amide bonds. The van der Waals surface area contributed by atoms with Gasteiger partial charge in [0, 0.05) is 43.7 Å². The number of anilines is 2. The molecule has 0 unspecified atom stereocenters. The molecule has 4 N–H and O–H groups in total. The van der Waals surface area contributed by atoms with E-state index in [9.17, 15) is 19.2 Å². The second-order valence-electron chi connectivity index (χ2n) is 11.1. The van der Waals surface area contributed by atoms with E-state index in [0.717, 1.165) is 57.5 Å². The molecule has 244 valence electrons. The van der Waals surface area contributed by atoms with Gasteiger partial charge in [-0.25, -0.2) is 4.79 Å². The number of benzene rings is 3. The highest BCUT2D eigenvalue weighted by Crippen LogP contribution is 2.39. The summed E-state index contributed by atoms with van der Waals surface area (Å²) >= 11 is 2.81. The van der Waals surface area contributed by atoms with Crippen LogP contribution in [0.4, 0.5) is 10.7 Å². The van der Waals surface area contributed by atoms with Gasteiger partial charge in [0.25, 0.3) is 11.8 Å². The molecule has 0 atom stereocenters. The number of aryl methyl sites for hydroxylation is 1. The number of hydrogen-bond donors (Lipinski definition) is 4. The summed E-state index contributed by atoms with van der Waals surface area (Å²) in [5, 5.41) is 10.1. The Morgan fingerprint density at radius 3 is 2.46 bits per heavy atom. The van der Waals surface area contributed by atoms with Crippen molar-refractivity contribution in [2.75, 3.05) is 23.0 Å². The Bertz CT molecular complexity index is 2000. The van der Waals surface area contributed by atoms with E-state index in [1.807, 2.05) is 42.5 Å². The van der Waals surface area contributed by atoms with Gasteiger partial charge in [-0.2, -0.15) is 0 Å². The lowest BCUT2D eigenvalue weighted by Crippen LogP contribution is -2.30. The lowest BCUT2D eigenvalue weighted by Gasteiger charge is -2.12. The summed E-state index contributed by atoms with van der Waals surface area (Å²) in [7, 11) is 0. The third-order valence-corrected chi connectivity index (χ3v) is 10.1. The van der Waals surface area contributed by atoms with Crippen molar-refractivity contribution in [3.63, 3.8) is 0 Å². The van der Waals surface area contributed by atoms with E-state index in [-0.39, 0.29) is 24.0 Å². The normalized spacial score (nSPS) is 12.6. The van der Waals surface area contributed by atoms with E-state index in [1.54, 1.807) is 55.6 Å². The van der Waals surface area contributed by atoms with Crippen molar-refractivity contribution in [2.45, 2.75) is 37.5 Å². The van der Waals surface area contributed by atoms with Crippen molar-refractivity contribution in [3.8, 4) is 0 Å². The van der Waals surface area contributed by atoms with Crippen molar-refractivity contribution in [1.82, 2.24) is 10.3 Å². The maximum Gasteiger partial charge on any atom is 0.341 e. The summed E-state index contributed by atoms with van der Waals surface area (Å²) in [6.07, 6.45) is 7.24. The number of carbonyl (C=O) groups is 4. The number of aromatic amines is 1. The standard InChI is InChI=1S/C37H34N4O5S2/c1-2-46-37(45)33-28-13-7-9-15-31(28)48-36(33)41-32(42)22-47-26-18-16-25(17-19-26)39-35(44)30(40-34(43)23-10-4-3-5-11-23)20-24-21-38-29-14-8-6-12-27(24)29/h3-6,8,10-12,14,16-21,38H,2,7,9,13,15,22H2,1H3,(H,39,44)(H,40,43)(H,41,42). The first-order valence-corrected chi connectivity index (χ1v) is 17.5. The Labute approximate surface area is 286 Å². The molecule has 2 aromatic heterocycles. The molecule has 0 aliphatic heterocycles. The van der Waals surface area contributed by atoms with Crippen LogP contribution in [0.5, 0.6) is 0 Å². The third-order valence-electron chi connectivity index (χ3n) is 7.84. The van der Waals surface area contributed by atoms with Crippen LogP contribution in [-0.2, 0) is 27.2 Å². The number of ether oxygens (including phenoxy) is 1. The number of amides is 3. The highest BCUT2D eigenvalue weighted by molar-refractivity contribution is 8.00. The number of para-hydroxylation sites is 1. The predicted molar refractivity (Wildman–Crippen MR) is 192 cm³/mol. The lowest BCUT2D eigenvalue weighted by atomic mass is 9.95. The smallest absolute Gasteiger partial charge is 0.341 e. The third kappa shape index (κ3) is 7.70. The fourth-order valence-corrected chi connectivity index (χ4v) is 7.52. The van der Waals surface area contributed by atoms with E-state index in [4.69, 9.17) is 4.74 Å². The van der Waals surface area contributed by atoms with Crippen molar-refractivity contribution in [1.29, 1.82) is 0 Å². The Morgan fingerprint density at radius 1 is 0.917 bits per heavy atom. The zero-order valence-corrected chi connectivity index (χ0v) is 27.9. The number of thiophene rings is 1. The quantitative estimate of drug-likeness (QED) is 0.0654. The summed E-state index contributed by atoms with van der Waals surface area (Å²) in [5.41, 5.74) is 4.20. The minimum absolute atomic E-state index is 0.0844. The van der Waals surface area contributed by atoms with Crippen LogP contribution in [0.15, 0.2) is 95.7 Å². The maximum absolute atomic E-state index is 13.5. The first-order chi connectivity index (χ1) is 23.4. The number of carbonyl (C=O) groups excluding carboxylic acids is 4. The molecular formula is C37H34N4O5S2. The molecule has 11 heteroatoms. The molecule has 1 aliphatic rings. The van der Waals surface area contributed by atoms with Crippen LogP contribution in [0.1, 0.15) is 56.5 Å². The van der Waals surface area contributed by atoms with E-state index in [0.29, 0.717) is 21.8 Å². The summed E-state index contributed by atoms with van der Waals surface area (Å²) in [6, 6.07) is 23.5. The SMILES string of the molecule is CCOC(=O)c1c(NC(=O)CSc2ccc(NC(=O)C(=Cc3c[nH]c4ccccc34)NC(=O)c3ccccc3)cc2)sc2c1CCCC2. The molecule has 2 heterocycles. The minimum atomic E-state index is -0.486. The topological polar surface area (TPSA) is 129 Å². The Hall–Kier alpha value is -5.13. The first kappa shape index (κ1) is 32.8. The number of H-pyrrole nitrogens is 1. The van der Waals surface area contributed by atoms with Gasteiger partial charge in [0.1, 0.15) is 10.7 Å². The van der Waals surface area contributed by atoms with Crippen LogP contribution in [0.2, 0.25) is 0 Å². The zero-order valence-electron chi connectivity index (χ0n) is 26.3. The van der Waals surface area contributed by atoms with E-state index < -0.39 is 17.8 Å². The van der Waals surface area contributed by atoms with Gasteiger partial charge >= 0.3 is 5.97 Å². The van der Waals surface area contributed by atoms with E-state index in [2.05, 4.69) is 20.9 Å². The highest BCUT2D eigenvalue weighted by Gasteiger charge is 2.27. The molecule has 0 fully saturated rings. The van der Waals surface area contributed by atoms with Crippen molar-refractivity contribution in [3.05, 3.63) is 118 Å². The van der Waals surface area contributed by atoms with Crippen LogP contribution >= 0.6 is 23.1 Å². The highest BCUT2D eigenvalue weighted by atomic mass is 32.2. The Kier molecular flexibility index (Phi) is 10.4. The fourth-order valence-electron chi connectivity index (χ4n) is 5.53. The maximum atomic E-state index is 13.5. The number of aromatic nitrogens is 1. The van der Waals surface area contributed by atoms with E-state index >= 15 is 0 Å². The molecule has 1 aliphatic carbocycles. The number of esters is 1. The van der Waals surface area contributed by atoms with E-state index in [1.165, 1.54) is 23.1 Å². The average molecular weight is 679 g/mol. The molecule has 0 saturated carbocycles. The monoisotopic (exact) mass is 678 g/mol. The molecule has 0 spiro atoms. The molecule has 48 heavy (non-hydrogen) atoms. The van der Waals surface area contributed by atoms with Gasteiger partial charge in [0.2, 0.25) is 5.91 Å². The zero-order chi connectivity index (χ0) is 33.5. The summed E-state index contributed by atoms with van der Waals surface area (Å²) in [5.74, 6) is -1.36. The molecule has 5 aromatic rings. The van der Waals surface area contributed by atoms with Gasteiger partial charge in [-0.1, -0.05) is 36.4 Å². The number of fused-ring (bicyclic) bond motifs is 2. The fraction of sp³-hybridized carbons (Fsp3) is 0.189. The largest absolute Gasteiger partial charge is 0.462 e. The van der Waals surface area contributed by atoms with Crippen LogP contribution in [0, 0.1) is 0 Å². The second-order valence-corrected chi connectivity index (χ2v) is 13.3. The second kappa shape index (κ2) is 15.2. The van der Waals surface area contributed by atoms with Gasteiger partial charge in [-0.3, -0.25) is 14.4 Å².